The van der Waals surface area contributed by atoms with E-state index in [0.717, 1.165) is 46.3 Å². The number of rotatable bonds is 16. The van der Waals surface area contributed by atoms with E-state index in [-0.39, 0.29) is 6.10 Å². The lowest BCUT2D eigenvalue weighted by Crippen LogP contribution is -2.39. The Balaban J connectivity index is 1.60. The average Bonchev–Trinajstić information content (AvgIpc) is 3.61. The molecule has 0 aliphatic carbocycles. The van der Waals surface area contributed by atoms with Crippen molar-refractivity contribution in [3.8, 4) is 40.2 Å². The zero-order valence-corrected chi connectivity index (χ0v) is 30.3. The predicted octanol–water partition coefficient (Wildman–Crippen LogP) is 8.91. The second-order valence-corrected chi connectivity index (χ2v) is 16.4. The van der Waals surface area contributed by atoms with E-state index in [1.165, 1.54) is 0 Å². The molecule has 10 heteroatoms. The van der Waals surface area contributed by atoms with E-state index in [0.29, 0.717) is 64.7 Å². The van der Waals surface area contributed by atoms with Crippen molar-refractivity contribution in [1.82, 2.24) is 0 Å². The van der Waals surface area contributed by atoms with E-state index in [1.54, 1.807) is 41.6 Å². The van der Waals surface area contributed by atoms with E-state index < -0.39 is 8.32 Å². The number of ether oxygens (including phenoxy) is 6. The fourth-order valence-corrected chi connectivity index (χ4v) is 9.05. The van der Waals surface area contributed by atoms with Crippen LogP contribution in [-0.2, 0) is 17.9 Å². The highest BCUT2D eigenvalue weighted by Gasteiger charge is 2.37. The summed E-state index contributed by atoms with van der Waals surface area (Å²) in [5.41, 5.74) is 3.70. The van der Waals surface area contributed by atoms with Crippen molar-refractivity contribution in [1.29, 1.82) is 0 Å². The summed E-state index contributed by atoms with van der Waals surface area (Å²) in [6, 6.07) is 22.7. The maximum absolute atomic E-state index is 7.20. The summed E-state index contributed by atoms with van der Waals surface area (Å²) in [6.45, 7) is 7.06. The number of hydrogen-bond acceptors (Lipinski definition) is 9. The highest BCUT2D eigenvalue weighted by Crippen LogP contribution is 2.56. The molecule has 0 saturated heterocycles. The highest BCUT2D eigenvalue weighted by atomic mass is 28.4. The predicted molar refractivity (Wildman–Crippen MR) is 191 cm³/mol. The van der Waals surface area contributed by atoms with E-state index in [1.807, 2.05) is 42.5 Å². The van der Waals surface area contributed by atoms with Crippen LogP contribution in [0.2, 0.25) is 18.1 Å². The Morgan fingerprint density at radius 2 is 1.33 bits per heavy atom. The van der Waals surface area contributed by atoms with Crippen molar-refractivity contribution in [2.45, 2.75) is 64.5 Å². The van der Waals surface area contributed by atoms with Crippen LogP contribution in [0.1, 0.15) is 50.0 Å². The molecule has 1 unspecified atom stereocenters. The summed E-state index contributed by atoms with van der Waals surface area (Å²) in [6.07, 6.45) is 0.669. The smallest absolute Gasteiger partial charge is 0.250 e. The summed E-state index contributed by atoms with van der Waals surface area (Å²) in [5.74, 6) is 4.11. The Morgan fingerprint density at radius 3 is 1.96 bits per heavy atom. The van der Waals surface area contributed by atoms with Gasteiger partial charge in [-0.05, 0) is 29.8 Å². The summed E-state index contributed by atoms with van der Waals surface area (Å²) >= 11 is 0. The van der Waals surface area contributed by atoms with Crippen LogP contribution in [0.25, 0.3) is 10.8 Å². The fraction of sp³-hybridized carbons (Fsp3) is 0.395. The average molecular weight is 674 g/mol. The van der Waals surface area contributed by atoms with Crippen LogP contribution in [-0.4, -0.2) is 49.6 Å². The first kappa shape index (κ1) is 34.8. The molecule has 4 aromatic rings. The van der Waals surface area contributed by atoms with Crippen LogP contribution in [0.5, 0.6) is 40.2 Å². The molecule has 0 amide bonds. The van der Waals surface area contributed by atoms with Gasteiger partial charge in [-0.1, -0.05) is 74.5 Å². The van der Waals surface area contributed by atoms with Gasteiger partial charge in [0.25, 0.3) is 8.32 Å². The van der Waals surface area contributed by atoms with Gasteiger partial charge >= 0.3 is 0 Å². The molecule has 0 fully saturated rings. The van der Waals surface area contributed by atoms with Gasteiger partial charge in [-0.15, -0.1) is 0 Å². The molecular formula is C38H47NO8Si. The molecule has 256 valence electrons. The summed E-state index contributed by atoms with van der Waals surface area (Å²) in [5, 5.41) is 5.96. The largest absolute Gasteiger partial charge is 0.541 e. The number of nitrogens with zero attached hydrogens (tertiary/aromatic N) is 1. The number of methoxy groups -OCH3 is 5. The molecular weight excluding hydrogens is 627 g/mol. The van der Waals surface area contributed by atoms with Crippen molar-refractivity contribution in [3.63, 3.8) is 0 Å². The minimum Gasteiger partial charge on any atom is -0.541 e. The zero-order chi connectivity index (χ0) is 34.3. The highest BCUT2D eigenvalue weighted by molar-refractivity contribution is 6.74. The molecule has 1 heterocycles. The lowest BCUT2D eigenvalue weighted by molar-refractivity contribution is 0.0827. The van der Waals surface area contributed by atoms with Gasteiger partial charge in [0.2, 0.25) is 0 Å². The van der Waals surface area contributed by atoms with Gasteiger partial charge in [-0.25, -0.2) is 0 Å². The minimum atomic E-state index is -2.22. The topological polar surface area (TPSA) is 86.2 Å². The summed E-state index contributed by atoms with van der Waals surface area (Å²) in [4.78, 5) is 6.09. The lowest BCUT2D eigenvalue weighted by Gasteiger charge is -2.32. The molecule has 0 aromatic heterocycles. The quantitative estimate of drug-likeness (QED) is 0.109. The maximum Gasteiger partial charge on any atom is 0.250 e. The number of hydrogen-bond donors (Lipinski definition) is 0. The normalized spacial score (nSPS) is 14.2. The van der Waals surface area contributed by atoms with E-state index in [4.69, 9.17) is 37.7 Å². The maximum atomic E-state index is 7.20. The molecule has 4 aromatic carbocycles. The Bertz CT molecular complexity index is 1730. The van der Waals surface area contributed by atoms with E-state index in [2.05, 4.69) is 38.1 Å². The van der Waals surface area contributed by atoms with Gasteiger partial charge in [-0.3, -0.25) is 0 Å². The van der Waals surface area contributed by atoms with Gasteiger partial charge in [0.1, 0.15) is 23.9 Å². The third-order valence-corrected chi connectivity index (χ3v) is 13.8. The zero-order valence-electron chi connectivity index (χ0n) is 29.3. The van der Waals surface area contributed by atoms with Crippen LogP contribution in [0, 0.1) is 0 Å². The molecule has 0 spiro atoms. The molecule has 1 aliphatic heterocycles. The van der Waals surface area contributed by atoms with Crippen LogP contribution < -0.4 is 32.8 Å². The van der Waals surface area contributed by atoms with Crippen molar-refractivity contribution < 1.29 is 37.7 Å². The van der Waals surface area contributed by atoms with Crippen LogP contribution in [0.4, 0.5) is 0 Å². The Morgan fingerprint density at radius 1 is 0.688 bits per heavy atom. The van der Waals surface area contributed by atoms with Crippen molar-refractivity contribution in [3.05, 3.63) is 77.4 Å². The third kappa shape index (κ3) is 6.71. The van der Waals surface area contributed by atoms with E-state index in [9.17, 15) is 0 Å². The second kappa shape index (κ2) is 15.6. The Kier molecular flexibility index (Phi) is 11.3. The van der Waals surface area contributed by atoms with Crippen LogP contribution in [0.15, 0.2) is 65.8 Å². The van der Waals surface area contributed by atoms with Gasteiger partial charge in [0.15, 0.2) is 29.1 Å². The van der Waals surface area contributed by atoms with Crippen molar-refractivity contribution in [2.24, 2.45) is 5.16 Å². The fourth-order valence-electron chi connectivity index (χ4n) is 6.47. The van der Waals surface area contributed by atoms with Gasteiger partial charge < -0.3 is 37.7 Å². The Hall–Kier alpha value is -4.57. The monoisotopic (exact) mass is 673 g/mol. The first-order valence-corrected chi connectivity index (χ1v) is 19.0. The SMILES string of the molecule is CC[Si](CC)(CC)Oc1c(CC2=NOC(c3ccccc3OCc3ccccc3)C2)c(OC)c2c(OC)cc(OC)c(OC)c2c1OC. The molecule has 48 heavy (non-hydrogen) atoms. The molecule has 0 N–H and O–H groups in total. The summed E-state index contributed by atoms with van der Waals surface area (Å²) in [7, 11) is 5.91. The number of oxime groups is 1. The van der Waals surface area contributed by atoms with Crippen LogP contribution in [0.3, 0.4) is 0 Å². The van der Waals surface area contributed by atoms with Gasteiger partial charge in [0, 0.05) is 30.0 Å². The molecule has 1 aliphatic rings. The Labute approximate surface area is 284 Å². The molecule has 9 nitrogen and oxygen atoms in total. The standard InChI is InChI=1S/C38H47NO8Si/c1-9-48(10-2,11-3)47-36-28(35(42-6)33-31(40-4)23-32(41-5)37(43-7)34(33)38(36)44-8)21-26-22-30(46-39-26)27-19-15-16-20-29(27)45-24-25-17-13-12-14-18-25/h12-20,23,30H,9-11,21-22,24H2,1-8H3. The van der Waals surface area contributed by atoms with Crippen molar-refractivity contribution >= 4 is 24.8 Å². The first-order valence-electron chi connectivity index (χ1n) is 16.5. The molecule has 0 radical (unpaired) electrons. The second-order valence-electron chi connectivity index (χ2n) is 11.7. The van der Waals surface area contributed by atoms with E-state index >= 15 is 0 Å². The van der Waals surface area contributed by atoms with Crippen LogP contribution >= 0.6 is 0 Å². The molecule has 1 atom stereocenters. The first-order chi connectivity index (χ1) is 23.4. The van der Waals surface area contributed by atoms with Gasteiger partial charge in [-0.2, -0.15) is 0 Å². The molecule has 0 bridgehead atoms. The third-order valence-electron chi connectivity index (χ3n) is 9.34. The summed E-state index contributed by atoms with van der Waals surface area (Å²) < 4.78 is 43.5. The lowest BCUT2D eigenvalue weighted by atomic mass is 9.94. The number of fused-ring (bicyclic) bond motifs is 1. The minimum absolute atomic E-state index is 0.307. The molecule has 0 saturated carbocycles. The molecule has 5 rings (SSSR count). The number of benzene rings is 4. The van der Waals surface area contributed by atoms with Gasteiger partial charge in [0.05, 0.1) is 52.0 Å². The van der Waals surface area contributed by atoms with Crippen molar-refractivity contribution in [2.75, 3.05) is 35.5 Å². The number of para-hydroxylation sites is 1.